The molecule has 0 radical (unpaired) electrons. The Balaban J connectivity index is 1.54. The Labute approximate surface area is 175 Å². The molecule has 2 amide bonds. The minimum Gasteiger partial charge on any atom is -0.364 e. The van der Waals surface area contributed by atoms with E-state index in [0.717, 1.165) is 5.69 Å². The SMILES string of the molecule is Cc1cc2n(n1)CC[C@H](NC(=O)c1ncc3c(n1)[C@](C)(CC(F)(F)F)OC3)C(=O)N2C. The van der Waals surface area contributed by atoms with Crippen molar-refractivity contribution in [2.24, 2.45) is 0 Å². The largest absolute Gasteiger partial charge is 0.392 e. The molecule has 0 fully saturated rings. The average Bonchev–Trinajstić information content (AvgIpc) is 3.19. The maximum atomic E-state index is 13.0. The molecule has 0 spiro atoms. The zero-order valence-corrected chi connectivity index (χ0v) is 17.2. The molecule has 166 valence electrons. The predicted octanol–water partition coefficient (Wildman–Crippen LogP) is 1.84. The maximum absolute atomic E-state index is 13.0. The molecule has 1 N–H and O–H groups in total. The number of anilines is 1. The third kappa shape index (κ3) is 3.99. The van der Waals surface area contributed by atoms with Crippen molar-refractivity contribution in [3.63, 3.8) is 0 Å². The molecule has 31 heavy (non-hydrogen) atoms. The molecule has 0 unspecified atom stereocenters. The molecule has 2 aromatic rings. The number of aryl methyl sites for hydroxylation is 2. The summed E-state index contributed by atoms with van der Waals surface area (Å²) in [6, 6.07) is 0.918. The van der Waals surface area contributed by atoms with Crippen molar-refractivity contribution >= 4 is 17.6 Å². The number of carbonyl (C=O) groups is 2. The van der Waals surface area contributed by atoms with Crippen LogP contribution in [0.3, 0.4) is 0 Å². The molecule has 0 saturated carbocycles. The van der Waals surface area contributed by atoms with Gasteiger partial charge in [0.2, 0.25) is 5.82 Å². The first-order valence-corrected chi connectivity index (χ1v) is 9.67. The molecule has 2 atom stereocenters. The number of hydrogen-bond donors (Lipinski definition) is 1. The van der Waals surface area contributed by atoms with Gasteiger partial charge in [0.1, 0.15) is 17.5 Å². The summed E-state index contributed by atoms with van der Waals surface area (Å²) < 4.78 is 46.0. The zero-order valence-electron chi connectivity index (χ0n) is 17.2. The molecular weight excluding hydrogens is 417 g/mol. The van der Waals surface area contributed by atoms with Crippen LogP contribution in [0.15, 0.2) is 12.3 Å². The lowest BCUT2D eigenvalue weighted by Gasteiger charge is -2.25. The van der Waals surface area contributed by atoms with E-state index < -0.39 is 30.1 Å². The monoisotopic (exact) mass is 438 g/mol. The number of likely N-dealkylation sites (N-methyl/N-ethyl adjacent to an activating group) is 1. The molecule has 4 heterocycles. The van der Waals surface area contributed by atoms with Gasteiger partial charge in [-0.15, -0.1) is 0 Å². The Hall–Kier alpha value is -3.02. The Morgan fingerprint density at radius 2 is 2.16 bits per heavy atom. The molecular formula is C19H21F3N6O3. The minimum atomic E-state index is -4.47. The summed E-state index contributed by atoms with van der Waals surface area (Å²) in [6.45, 7) is 3.45. The van der Waals surface area contributed by atoms with Gasteiger partial charge in [-0.2, -0.15) is 18.3 Å². The Morgan fingerprint density at radius 3 is 2.87 bits per heavy atom. The fourth-order valence-electron chi connectivity index (χ4n) is 3.95. The molecule has 0 aliphatic carbocycles. The summed E-state index contributed by atoms with van der Waals surface area (Å²) >= 11 is 0. The van der Waals surface area contributed by atoms with E-state index in [-0.39, 0.29) is 24.0 Å². The maximum Gasteiger partial charge on any atom is 0.392 e. The molecule has 12 heteroatoms. The van der Waals surface area contributed by atoms with Crippen molar-refractivity contribution in [2.45, 2.75) is 57.7 Å². The molecule has 2 aromatic heterocycles. The highest BCUT2D eigenvalue weighted by molar-refractivity contribution is 6.00. The quantitative estimate of drug-likeness (QED) is 0.785. The van der Waals surface area contributed by atoms with Gasteiger partial charge in [-0.25, -0.2) is 14.6 Å². The van der Waals surface area contributed by atoms with Gasteiger partial charge in [-0.3, -0.25) is 14.5 Å². The van der Waals surface area contributed by atoms with Crippen molar-refractivity contribution in [2.75, 3.05) is 11.9 Å². The number of amides is 2. The third-order valence-electron chi connectivity index (χ3n) is 5.44. The lowest BCUT2D eigenvalue weighted by atomic mass is 9.96. The van der Waals surface area contributed by atoms with Crippen LogP contribution in [-0.4, -0.2) is 50.8 Å². The molecule has 2 aliphatic rings. The number of alkyl halides is 3. The number of fused-ring (bicyclic) bond motifs is 2. The van der Waals surface area contributed by atoms with E-state index in [1.54, 1.807) is 17.8 Å². The molecule has 0 saturated heterocycles. The van der Waals surface area contributed by atoms with Crippen LogP contribution in [0.4, 0.5) is 19.0 Å². The fraction of sp³-hybridized carbons (Fsp3) is 0.526. The van der Waals surface area contributed by atoms with Gasteiger partial charge >= 0.3 is 6.18 Å². The number of rotatable bonds is 3. The summed E-state index contributed by atoms with van der Waals surface area (Å²) in [5.74, 6) is -0.774. The highest BCUT2D eigenvalue weighted by Crippen LogP contribution is 2.42. The fourth-order valence-corrected chi connectivity index (χ4v) is 3.95. The predicted molar refractivity (Wildman–Crippen MR) is 101 cm³/mol. The van der Waals surface area contributed by atoms with E-state index in [2.05, 4.69) is 20.4 Å². The van der Waals surface area contributed by atoms with E-state index in [0.29, 0.717) is 24.3 Å². The Kier molecular flexibility index (Phi) is 4.99. The second-order valence-corrected chi connectivity index (χ2v) is 7.96. The lowest BCUT2D eigenvalue weighted by molar-refractivity contribution is -0.185. The van der Waals surface area contributed by atoms with E-state index in [1.165, 1.54) is 18.0 Å². The van der Waals surface area contributed by atoms with Gasteiger partial charge in [0, 0.05) is 31.4 Å². The molecule has 0 bridgehead atoms. The topological polar surface area (TPSA) is 102 Å². The first kappa shape index (κ1) is 21.2. The van der Waals surface area contributed by atoms with E-state index in [1.807, 2.05) is 6.92 Å². The summed E-state index contributed by atoms with van der Waals surface area (Å²) in [4.78, 5) is 35.0. The lowest BCUT2D eigenvalue weighted by Crippen LogP contribution is -2.47. The summed E-state index contributed by atoms with van der Waals surface area (Å²) in [6.07, 6.45) is -4.12. The first-order valence-electron chi connectivity index (χ1n) is 9.67. The Morgan fingerprint density at radius 1 is 1.42 bits per heavy atom. The van der Waals surface area contributed by atoms with Crippen LogP contribution >= 0.6 is 0 Å². The zero-order chi connectivity index (χ0) is 22.6. The van der Waals surface area contributed by atoms with Crippen LogP contribution in [0.1, 0.15) is 47.3 Å². The standard InChI is InChI=1S/C19H21F3N6O3/c1-10-6-13-27(3)17(30)12(4-5-28(13)26-10)24-16(29)15-23-7-11-8-31-18(2,14(11)25-15)9-19(20,21)22/h6-7,12H,4-5,8-9H2,1-3H3,(H,24,29)/t12-,18-/m0/s1. The second-order valence-electron chi connectivity index (χ2n) is 7.96. The van der Waals surface area contributed by atoms with Gasteiger partial charge in [0.05, 0.1) is 24.4 Å². The highest BCUT2D eigenvalue weighted by atomic mass is 19.4. The number of nitrogens with one attached hydrogen (secondary N) is 1. The number of nitrogens with zero attached hydrogens (tertiary/aromatic N) is 5. The van der Waals surface area contributed by atoms with Gasteiger partial charge in [-0.05, 0) is 20.3 Å². The molecule has 4 rings (SSSR count). The smallest absolute Gasteiger partial charge is 0.364 e. The summed E-state index contributed by atoms with van der Waals surface area (Å²) in [7, 11) is 1.59. The molecule has 2 aliphatic heterocycles. The number of aromatic nitrogens is 4. The van der Waals surface area contributed by atoms with Crippen molar-refractivity contribution in [3.8, 4) is 0 Å². The van der Waals surface area contributed by atoms with Gasteiger partial charge < -0.3 is 10.1 Å². The van der Waals surface area contributed by atoms with Crippen LogP contribution in [0.2, 0.25) is 0 Å². The highest BCUT2D eigenvalue weighted by Gasteiger charge is 2.47. The average molecular weight is 438 g/mol. The van der Waals surface area contributed by atoms with E-state index in [9.17, 15) is 22.8 Å². The van der Waals surface area contributed by atoms with Crippen LogP contribution in [0, 0.1) is 6.92 Å². The number of hydrogen-bond acceptors (Lipinski definition) is 6. The van der Waals surface area contributed by atoms with Crippen molar-refractivity contribution < 1.29 is 27.5 Å². The van der Waals surface area contributed by atoms with E-state index >= 15 is 0 Å². The normalized spacial score (nSPS) is 23.4. The van der Waals surface area contributed by atoms with Crippen molar-refractivity contribution in [3.05, 3.63) is 35.0 Å². The van der Waals surface area contributed by atoms with Crippen molar-refractivity contribution in [1.82, 2.24) is 25.1 Å². The van der Waals surface area contributed by atoms with Gasteiger partial charge in [0.25, 0.3) is 11.8 Å². The van der Waals surface area contributed by atoms with Gasteiger partial charge in [-0.1, -0.05) is 0 Å². The van der Waals surface area contributed by atoms with Crippen LogP contribution in [-0.2, 0) is 28.3 Å². The number of ether oxygens (including phenoxy) is 1. The Bertz CT molecular complexity index is 1050. The first-order chi connectivity index (χ1) is 14.5. The summed E-state index contributed by atoms with van der Waals surface area (Å²) in [5.41, 5.74) is -0.496. The van der Waals surface area contributed by atoms with Gasteiger partial charge in [0.15, 0.2) is 0 Å². The minimum absolute atomic E-state index is 0.0323. The van der Waals surface area contributed by atoms with Crippen LogP contribution in [0.25, 0.3) is 0 Å². The molecule has 0 aromatic carbocycles. The summed E-state index contributed by atoms with van der Waals surface area (Å²) in [5, 5.41) is 6.93. The molecule has 9 nitrogen and oxygen atoms in total. The van der Waals surface area contributed by atoms with Crippen LogP contribution in [0.5, 0.6) is 0 Å². The van der Waals surface area contributed by atoms with Crippen LogP contribution < -0.4 is 10.2 Å². The number of halogens is 3. The third-order valence-corrected chi connectivity index (χ3v) is 5.44. The van der Waals surface area contributed by atoms with Crippen molar-refractivity contribution in [1.29, 1.82) is 0 Å². The van der Waals surface area contributed by atoms with E-state index in [4.69, 9.17) is 4.74 Å². The second kappa shape index (κ2) is 7.29. The number of carbonyl (C=O) groups excluding carboxylic acids is 2.